The van der Waals surface area contributed by atoms with Gasteiger partial charge in [-0.05, 0) is 54.6 Å². The third-order valence-electron chi connectivity index (χ3n) is 5.44. The van der Waals surface area contributed by atoms with Gasteiger partial charge in [-0.15, -0.1) is 0 Å². The highest BCUT2D eigenvalue weighted by molar-refractivity contribution is 6.59. The van der Waals surface area contributed by atoms with Gasteiger partial charge in [0.15, 0.2) is 0 Å². The third-order valence-corrected chi connectivity index (χ3v) is 5.44. The number of hydrogen-bond donors (Lipinski definition) is 6. The summed E-state index contributed by atoms with van der Waals surface area (Å²) >= 11 is 0. The summed E-state index contributed by atoms with van der Waals surface area (Å²) in [7, 11) is -4.57. The number of carbonyl (C=O) groups excluding carboxylic acids is 2. The largest absolute Gasteiger partial charge is 0.491 e. The maximum atomic E-state index is 13.8. The minimum Gasteiger partial charge on any atom is -0.423 e. The molecule has 0 aliphatic rings. The monoisotopic (exact) mass is 513 g/mol. The summed E-state index contributed by atoms with van der Waals surface area (Å²) in [5.74, 6) is -2.42. The molecule has 0 unspecified atom stereocenters. The Morgan fingerprint density at radius 2 is 1.61 bits per heavy atom. The number of amides is 2. The molecule has 0 heterocycles. The molecule has 0 aliphatic heterocycles. The number of halogens is 4. The Kier molecular flexibility index (Phi) is 10.0. The predicted molar refractivity (Wildman–Crippen MR) is 123 cm³/mol. The van der Waals surface area contributed by atoms with Crippen molar-refractivity contribution in [3.8, 4) is 0 Å². The lowest BCUT2D eigenvalue weighted by molar-refractivity contribution is -0.137. The van der Waals surface area contributed by atoms with E-state index in [1.165, 1.54) is 6.07 Å². The van der Waals surface area contributed by atoms with Crippen LogP contribution >= 0.6 is 0 Å². The van der Waals surface area contributed by atoms with Crippen molar-refractivity contribution in [2.24, 2.45) is 11.5 Å². The van der Waals surface area contributed by atoms with Gasteiger partial charge in [0.2, 0.25) is 5.91 Å². The van der Waals surface area contributed by atoms with E-state index in [1.54, 1.807) is 0 Å². The van der Waals surface area contributed by atoms with Gasteiger partial charge >= 0.3 is 20.4 Å². The number of nitrogens with two attached hydrogens (primary N) is 2. The number of nitrogens with zero attached hydrogens (tertiary/aromatic N) is 1. The van der Waals surface area contributed by atoms with Crippen molar-refractivity contribution >= 4 is 37.0 Å². The zero-order valence-corrected chi connectivity index (χ0v) is 19.0. The lowest BCUT2D eigenvalue weighted by atomic mass is 9.76. The number of hydrogen-bond acceptors (Lipinski definition) is 7. The summed E-state index contributed by atoms with van der Waals surface area (Å²) in [4.78, 5) is 25.4. The quantitative estimate of drug-likeness (QED) is 0.125. The van der Waals surface area contributed by atoms with Crippen LogP contribution in [0, 0.1) is 5.82 Å². The Balaban J connectivity index is 2.36. The van der Waals surface area contributed by atoms with Crippen LogP contribution in [0.5, 0.6) is 0 Å². The van der Waals surface area contributed by atoms with Crippen molar-refractivity contribution < 1.29 is 47.2 Å². The third kappa shape index (κ3) is 7.77. The molecule has 0 saturated carbocycles. The van der Waals surface area contributed by atoms with Crippen LogP contribution < -0.4 is 22.4 Å². The van der Waals surface area contributed by atoms with Crippen LogP contribution in [0.4, 0.5) is 17.6 Å². The second kappa shape index (κ2) is 12.3. The molecule has 194 valence electrons. The zero-order chi connectivity index (χ0) is 27.2. The number of primary amides is 1. The molecule has 15 heteroatoms. The molecule has 0 saturated heterocycles. The number of benzene rings is 2. The summed E-state index contributed by atoms with van der Waals surface area (Å²) in [5, 5.41) is 37.2. The first-order valence-corrected chi connectivity index (χ1v) is 10.8. The highest BCUT2D eigenvalue weighted by Gasteiger charge is 2.36. The maximum Gasteiger partial charge on any atom is 0.491 e. The van der Waals surface area contributed by atoms with Crippen molar-refractivity contribution in [1.82, 2.24) is 4.90 Å². The van der Waals surface area contributed by atoms with Gasteiger partial charge in [0, 0.05) is 24.1 Å². The van der Waals surface area contributed by atoms with Gasteiger partial charge < -0.3 is 36.5 Å². The number of alkyl halides is 3. The van der Waals surface area contributed by atoms with Crippen LogP contribution in [-0.2, 0) is 17.5 Å². The molecule has 0 fully saturated rings. The van der Waals surface area contributed by atoms with Crippen LogP contribution in [0.3, 0.4) is 0 Å². The van der Waals surface area contributed by atoms with E-state index in [0.717, 1.165) is 29.2 Å². The van der Waals surface area contributed by atoms with E-state index in [4.69, 9.17) is 11.5 Å². The average Bonchev–Trinajstić information content (AvgIpc) is 2.79. The first-order valence-electron chi connectivity index (χ1n) is 10.8. The smallest absolute Gasteiger partial charge is 0.423 e. The van der Waals surface area contributed by atoms with Crippen LogP contribution in [-0.4, -0.2) is 63.6 Å². The van der Waals surface area contributed by atoms with Gasteiger partial charge in [0.25, 0.3) is 5.91 Å². The summed E-state index contributed by atoms with van der Waals surface area (Å²) < 4.78 is 54.2. The minimum atomic E-state index is -4.90. The fourth-order valence-corrected chi connectivity index (χ4v) is 3.51. The van der Waals surface area contributed by atoms with Crippen LogP contribution in [0.1, 0.15) is 40.7 Å². The zero-order valence-electron chi connectivity index (χ0n) is 19.0. The summed E-state index contributed by atoms with van der Waals surface area (Å²) in [5.41, 5.74) is 7.94. The Labute approximate surface area is 204 Å². The highest BCUT2D eigenvalue weighted by atomic mass is 19.4. The van der Waals surface area contributed by atoms with Crippen LogP contribution in [0.2, 0.25) is 0 Å². The van der Waals surface area contributed by atoms with E-state index >= 15 is 0 Å². The highest BCUT2D eigenvalue weighted by Crippen LogP contribution is 2.29. The minimum absolute atomic E-state index is 0.00949. The first-order chi connectivity index (χ1) is 16.7. The van der Waals surface area contributed by atoms with Gasteiger partial charge in [0.05, 0.1) is 11.6 Å². The lowest BCUT2D eigenvalue weighted by Gasteiger charge is -2.24. The predicted octanol–water partition coefficient (Wildman–Crippen LogP) is -1.17. The van der Waals surface area contributed by atoms with Crippen molar-refractivity contribution in [3.63, 3.8) is 0 Å². The number of carbonyl (C=O) groups is 2. The van der Waals surface area contributed by atoms with E-state index < -0.39 is 60.6 Å². The Morgan fingerprint density at radius 1 is 0.972 bits per heavy atom. The number of unbranched alkanes of at least 4 members (excludes halogenated alkanes) is 1. The summed E-state index contributed by atoms with van der Waals surface area (Å²) in [6.07, 6.45) is -4.07. The fraction of sp³-hybridized carbons (Fsp3) is 0.333. The normalized spacial score (nSPS) is 12.2. The Hall–Kier alpha value is -2.97. The fourth-order valence-electron chi connectivity index (χ4n) is 3.51. The van der Waals surface area contributed by atoms with Gasteiger partial charge in [-0.3, -0.25) is 9.59 Å². The second-order valence-corrected chi connectivity index (χ2v) is 8.13. The van der Waals surface area contributed by atoms with E-state index in [0.29, 0.717) is 12.5 Å². The molecule has 0 bridgehead atoms. The van der Waals surface area contributed by atoms with Crippen LogP contribution in [0.25, 0.3) is 0 Å². The number of rotatable bonds is 11. The van der Waals surface area contributed by atoms with Crippen molar-refractivity contribution in [2.75, 3.05) is 6.54 Å². The van der Waals surface area contributed by atoms with E-state index in [-0.39, 0.29) is 37.1 Å². The Bertz CT molecular complexity index is 1090. The molecule has 2 rings (SSSR count). The maximum absolute atomic E-state index is 13.8. The van der Waals surface area contributed by atoms with Crippen LogP contribution in [0.15, 0.2) is 36.4 Å². The van der Waals surface area contributed by atoms with Gasteiger partial charge in [-0.2, -0.15) is 13.2 Å². The van der Waals surface area contributed by atoms with Crippen molar-refractivity contribution in [3.05, 3.63) is 58.9 Å². The molecule has 0 radical (unpaired) electrons. The van der Waals surface area contributed by atoms with Crippen molar-refractivity contribution in [2.45, 2.75) is 38.0 Å². The molecule has 8 N–H and O–H groups in total. The SMILES string of the molecule is NC(=O)[C@@H](N)CCCCN(Cc1ccc(B(O)O)c(C(F)(F)F)c1)C(=O)c1ccc(F)c(B(O)O)c1. The molecular weight excluding hydrogens is 488 g/mol. The molecule has 36 heavy (non-hydrogen) atoms. The first kappa shape index (κ1) is 29.3. The summed E-state index contributed by atoms with van der Waals surface area (Å²) in [6, 6.07) is 4.72. The standard InChI is InChI=1S/C21H25B2F4N3O6/c24-17-7-5-13(10-16(17)23(35)36)20(32)30(8-2-1-3-18(28)19(29)31)11-12-4-6-15(22(33)34)14(9-12)21(25,26)27/h4-7,9-10,18,33-36H,1-3,8,11,28H2,(H2,29,31)/t18-/m0/s1. The molecule has 2 aromatic carbocycles. The second-order valence-electron chi connectivity index (χ2n) is 8.13. The molecule has 2 amide bonds. The van der Waals surface area contributed by atoms with Crippen molar-refractivity contribution in [1.29, 1.82) is 0 Å². The molecule has 0 spiro atoms. The average molecular weight is 513 g/mol. The molecule has 0 aromatic heterocycles. The molecule has 2 aromatic rings. The van der Waals surface area contributed by atoms with E-state index in [1.807, 2.05) is 0 Å². The molecular formula is C21H25B2F4N3O6. The molecule has 9 nitrogen and oxygen atoms in total. The van der Waals surface area contributed by atoms with Gasteiger partial charge in [0.1, 0.15) is 5.82 Å². The summed E-state index contributed by atoms with van der Waals surface area (Å²) in [6.45, 7) is -0.357. The molecule has 1 atom stereocenters. The van der Waals surface area contributed by atoms with E-state index in [9.17, 15) is 47.2 Å². The van der Waals surface area contributed by atoms with E-state index in [2.05, 4.69) is 0 Å². The lowest BCUT2D eigenvalue weighted by Crippen LogP contribution is -2.38. The molecule has 0 aliphatic carbocycles. The van der Waals surface area contributed by atoms with Gasteiger partial charge in [-0.25, -0.2) is 4.39 Å². The Morgan fingerprint density at radius 3 is 2.17 bits per heavy atom. The topological polar surface area (TPSA) is 170 Å². The van der Waals surface area contributed by atoms with Gasteiger partial charge in [-0.1, -0.05) is 12.1 Å².